The molecule has 0 fully saturated rings. The molecule has 0 bridgehead atoms. The van der Waals surface area contributed by atoms with Crippen LogP contribution in [-0.4, -0.2) is 49.2 Å². The summed E-state index contributed by atoms with van der Waals surface area (Å²) < 4.78 is 0. The van der Waals surface area contributed by atoms with Crippen molar-refractivity contribution in [2.24, 2.45) is 0 Å². The number of imidazole rings is 1. The summed E-state index contributed by atoms with van der Waals surface area (Å²) >= 11 is 1.73. The van der Waals surface area contributed by atoms with Crippen molar-refractivity contribution in [1.82, 2.24) is 35.1 Å². The van der Waals surface area contributed by atoms with E-state index in [0.29, 0.717) is 11.5 Å². The zero-order valence-electron chi connectivity index (χ0n) is 18.3. The van der Waals surface area contributed by atoms with Gasteiger partial charge in [0.1, 0.15) is 11.0 Å². The molecule has 6 rings (SSSR count). The molecule has 0 amide bonds. The highest BCUT2D eigenvalue weighted by Crippen LogP contribution is 2.34. The highest BCUT2D eigenvalue weighted by atomic mass is 32.1. The van der Waals surface area contributed by atoms with Crippen LogP contribution in [0.4, 0.5) is 5.69 Å². The molecule has 6 aromatic heterocycles. The molecular formula is C24H20N8S. The van der Waals surface area contributed by atoms with Gasteiger partial charge in [-0.15, -0.1) is 11.3 Å². The molecule has 162 valence electrons. The molecule has 0 saturated heterocycles. The number of fused-ring (bicyclic) bond motifs is 2. The van der Waals surface area contributed by atoms with Gasteiger partial charge in [-0.25, -0.2) is 9.97 Å². The summed E-state index contributed by atoms with van der Waals surface area (Å²) in [5.74, 6) is 0.656. The molecule has 0 radical (unpaired) electrons. The molecule has 8 nitrogen and oxygen atoms in total. The molecule has 2 N–H and O–H groups in total. The molecular weight excluding hydrogens is 432 g/mol. The average molecular weight is 453 g/mol. The smallest absolute Gasteiger partial charge is 0.161 e. The van der Waals surface area contributed by atoms with Gasteiger partial charge in [-0.2, -0.15) is 5.10 Å². The maximum absolute atomic E-state index is 4.91. The summed E-state index contributed by atoms with van der Waals surface area (Å²) in [4.78, 5) is 26.4. The SMILES string of the molecule is Cc1ccc(-c2cncc3[nH]c(-c4n[nH]c5ccc(-c6cncc(N(C)C)c6)nc45)nc23)s1. The predicted molar refractivity (Wildman–Crippen MR) is 132 cm³/mol. The molecule has 33 heavy (non-hydrogen) atoms. The number of hydrogen-bond acceptors (Lipinski definition) is 7. The topological polar surface area (TPSA) is 99.3 Å². The molecule has 6 aromatic rings. The first-order chi connectivity index (χ1) is 16.1. The predicted octanol–water partition coefficient (Wildman–Crippen LogP) is 5.06. The summed E-state index contributed by atoms with van der Waals surface area (Å²) in [7, 11) is 3.99. The van der Waals surface area contributed by atoms with Crippen molar-refractivity contribution in [3.8, 4) is 33.2 Å². The Balaban J connectivity index is 1.48. The zero-order valence-corrected chi connectivity index (χ0v) is 19.1. The van der Waals surface area contributed by atoms with Crippen LogP contribution in [0.15, 0.2) is 55.1 Å². The summed E-state index contributed by atoms with van der Waals surface area (Å²) in [6, 6.07) is 10.3. The Morgan fingerprint density at radius 3 is 2.58 bits per heavy atom. The van der Waals surface area contributed by atoms with E-state index < -0.39 is 0 Å². The van der Waals surface area contributed by atoms with Crippen LogP contribution >= 0.6 is 11.3 Å². The van der Waals surface area contributed by atoms with Crippen molar-refractivity contribution in [1.29, 1.82) is 0 Å². The first-order valence-corrected chi connectivity index (χ1v) is 11.3. The number of nitrogens with zero attached hydrogens (tertiary/aromatic N) is 6. The minimum Gasteiger partial charge on any atom is -0.376 e. The number of nitrogens with one attached hydrogen (secondary N) is 2. The number of thiophene rings is 1. The zero-order chi connectivity index (χ0) is 22.5. The van der Waals surface area contributed by atoms with Gasteiger partial charge >= 0.3 is 0 Å². The lowest BCUT2D eigenvalue weighted by Crippen LogP contribution is -2.08. The monoisotopic (exact) mass is 452 g/mol. The third kappa shape index (κ3) is 3.33. The number of aryl methyl sites for hydroxylation is 1. The third-order valence-electron chi connectivity index (χ3n) is 5.57. The van der Waals surface area contributed by atoms with Gasteiger partial charge in [0.2, 0.25) is 0 Å². The Bertz CT molecular complexity index is 1620. The van der Waals surface area contributed by atoms with Gasteiger partial charge in [0.15, 0.2) is 11.5 Å². The van der Waals surface area contributed by atoms with E-state index >= 15 is 0 Å². The minimum atomic E-state index is 0.656. The van der Waals surface area contributed by atoms with E-state index in [1.807, 2.05) is 49.7 Å². The Labute approximate surface area is 193 Å². The van der Waals surface area contributed by atoms with Crippen LogP contribution in [0.2, 0.25) is 0 Å². The van der Waals surface area contributed by atoms with E-state index in [1.165, 1.54) is 4.88 Å². The van der Waals surface area contributed by atoms with Gasteiger partial charge < -0.3 is 9.88 Å². The number of aromatic nitrogens is 7. The van der Waals surface area contributed by atoms with Gasteiger partial charge in [0, 0.05) is 47.4 Å². The fourth-order valence-electron chi connectivity index (χ4n) is 3.84. The number of pyridine rings is 3. The van der Waals surface area contributed by atoms with E-state index in [-0.39, 0.29) is 0 Å². The van der Waals surface area contributed by atoms with Crippen LogP contribution in [0.1, 0.15) is 4.88 Å². The Hall–Kier alpha value is -4.11. The van der Waals surface area contributed by atoms with Crippen molar-refractivity contribution in [3.05, 3.63) is 60.0 Å². The standard InChI is InChI=1S/C24H20N8S/c1-13-4-7-20(33-13)16-11-26-12-19-21(16)29-24(28-19)23-22-18(30-31-23)6-5-17(27-22)14-8-15(32(2)3)10-25-9-14/h4-12H,1-3H3,(H,28,29)(H,30,31). The summed E-state index contributed by atoms with van der Waals surface area (Å²) in [5, 5.41) is 7.60. The Kier molecular flexibility index (Phi) is 4.44. The normalized spacial score (nSPS) is 11.5. The number of H-pyrrole nitrogens is 2. The second-order valence-corrected chi connectivity index (χ2v) is 9.36. The molecule has 0 unspecified atom stereocenters. The molecule has 0 aromatic carbocycles. The molecule has 0 spiro atoms. The van der Waals surface area contributed by atoms with Crippen LogP contribution in [0.5, 0.6) is 0 Å². The lowest BCUT2D eigenvalue weighted by atomic mass is 10.1. The largest absolute Gasteiger partial charge is 0.376 e. The van der Waals surface area contributed by atoms with Crippen LogP contribution in [-0.2, 0) is 0 Å². The van der Waals surface area contributed by atoms with Crippen molar-refractivity contribution >= 4 is 39.1 Å². The Morgan fingerprint density at radius 2 is 1.76 bits per heavy atom. The average Bonchev–Trinajstić information content (AvgIpc) is 3.55. The molecule has 0 aliphatic rings. The van der Waals surface area contributed by atoms with Crippen LogP contribution in [0.25, 0.3) is 55.3 Å². The second kappa shape index (κ2) is 7.49. The number of aromatic amines is 2. The highest BCUT2D eigenvalue weighted by molar-refractivity contribution is 7.15. The highest BCUT2D eigenvalue weighted by Gasteiger charge is 2.17. The van der Waals surface area contributed by atoms with E-state index in [9.17, 15) is 0 Å². The summed E-state index contributed by atoms with van der Waals surface area (Å²) in [6.07, 6.45) is 7.31. The summed E-state index contributed by atoms with van der Waals surface area (Å²) in [5.41, 5.74) is 7.81. The van der Waals surface area contributed by atoms with Crippen molar-refractivity contribution in [2.45, 2.75) is 6.92 Å². The van der Waals surface area contributed by atoms with E-state index in [2.05, 4.69) is 50.3 Å². The first kappa shape index (κ1) is 19.6. The maximum atomic E-state index is 4.91. The maximum Gasteiger partial charge on any atom is 0.161 e. The van der Waals surface area contributed by atoms with Crippen LogP contribution < -0.4 is 4.90 Å². The van der Waals surface area contributed by atoms with Crippen LogP contribution in [0.3, 0.4) is 0 Å². The van der Waals surface area contributed by atoms with Crippen molar-refractivity contribution in [3.63, 3.8) is 0 Å². The van der Waals surface area contributed by atoms with Crippen molar-refractivity contribution in [2.75, 3.05) is 19.0 Å². The van der Waals surface area contributed by atoms with Gasteiger partial charge in [-0.05, 0) is 37.3 Å². The number of hydrogen-bond donors (Lipinski definition) is 2. The lowest BCUT2D eigenvalue weighted by Gasteiger charge is -2.12. The van der Waals surface area contributed by atoms with Gasteiger partial charge in [-0.1, -0.05) is 0 Å². The molecule has 0 aliphatic carbocycles. The fraction of sp³-hybridized carbons (Fsp3) is 0.125. The molecule has 9 heteroatoms. The van der Waals surface area contributed by atoms with Gasteiger partial charge in [0.25, 0.3) is 0 Å². The number of anilines is 1. The lowest BCUT2D eigenvalue weighted by molar-refractivity contribution is 1.10. The van der Waals surface area contributed by atoms with Crippen LogP contribution in [0, 0.1) is 6.92 Å². The molecule has 6 heterocycles. The first-order valence-electron chi connectivity index (χ1n) is 10.5. The van der Waals surface area contributed by atoms with E-state index in [0.717, 1.165) is 49.5 Å². The Morgan fingerprint density at radius 1 is 0.879 bits per heavy atom. The quantitative estimate of drug-likeness (QED) is 0.388. The number of rotatable bonds is 4. The molecule has 0 saturated carbocycles. The van der Waals surface area contributed by atoms with E-state index in [1.54, 1.807) is 17.5 Å². The fourth-order valence-corrected chi connectivity index (χ4v) is 4.72. The van der Waals surface area contributed by atoms with Gasteiger partial charge in [0.05, 0.1) is 34.8 Å². The molecule has 0 atom stereocenters. The third-order valence-corrected chi connectivity index (χ3v) is 6.60. The van der Waals surface area contributed by atoms with Gasteiger partial charge in [-0.3, -0.25) is 15.1 Å². The summed E-state index contributed by atoms with van der Waals surface area (Å²) in [6.45, 7) is 2.10. The molecule has 0 aliphatic heterocycles. The van der Waals surface area contributed by atoms with E-state index in [4.69, 9.17) is 9.97 Å². The second-order valence-electron chi connectivity index (χ2n) is 8.07. The minimum absolute atomic E-state index is 0.656. The van der Waals surface area contributed by atoms with Crippen molar-refractivity contribution < 1.29 is 0 Å².